The Hall–Kier alpha value is -0.0800. The summed E-state index contributed by atoms with van der Waals surface area (Å²) in [5.74, 6) is 3.29. The molecule has 0 aromatic heterocycles. The largest absolute Gasteiger partial charge is 0.396 e. The average molecular weight is 314 g/mol. The van der Waals surface area contributed by atoms with Crippen molar-refractivity contribution in [2.75, 3.05) is 26.7 Å². The standard InChI is InChI=1S/C20H43NO/c1-7-10-18(4)19(5)15-20(8-2)16-21(6)13-12-17(3)11-9-14-22/h17-20,22H,7-16H2,1-6H3/t17?,18?,19-,20?/m1/s1. The van der Waals surface area contributed by atoms with Crippen LogP contribution in [0.3, 0.4) is 0 Å². The number of nitrogens with zero attached hydrogens (tertiary/aromatic N) is 1. The molecule has 0 bridgehead atoms. The smallest absolute Gasteiger partial charge is 0.0431 e. The molecule has 2 heteroatoms. The fourth-order valence-corrected chi connectivity index (χ4v) is 3.43. The molecule has 0 aromatic rings. The summed E-state index contributed by atoms with van der Waals surface area (Å²) in [5, 5.41) is 8.90. The van der Waals surface area contributed by atoms with Gasteiger partial charge in [0, 0.05) is 13.2 Å². The van der Waals surface area contributed by atoms with E-state index in [0.717, 1.165) is 36.5 Å². The number of aliphatic hydroxyl groups is 1. The van der Waals surface area contributed by atoms with Gasteiger partial charge in [-0.2, -0.15) is 0 Å². The second-order valence-corrected chi connectivity index (χ2v) is 7.78. The monoisotopic (exact) mass is 313 g/mol. The van der Waals surface area contributed by atoms with Gasteiger partial charge in [0.25, 0.3) is 0 Å². The van der Waals surface area contributed by atoms with E-state index in [1.54, 1.807) is 0 Å². The molecule has 0 saturated heterocycles. The zero-order valence-corrected chi connectivity index (χ0v) is 16.3. The lowest BCUT2D eigenvalue weighted by Gasteiger charge is -2.28. The Morgan fingerprint density at radius 1 is 0.955 bits per heavy atom. The van der Waals surface area contributed by atoms with Crippen molar-refractivity contribution in [2.24, 2.45) is 23.7 Å². The van der Waals surface area contributed by atoms with Crippen molar-refractivity contribution in [1.82, 2.24) is 4.90 Å². The van der Waals surface area contributed by atoms with Gasteiger partial charge < -0.3 is 10.0 Å². The molecule has 0 aromatic carbocycles. The molecular weight excluding hydrogens is 270 g/mol. The van der Waals surface area contributed by atoms with Crippen LogP contribution >= 0.6 is 0 Å². The lowest BCUT2D eigenvalue weighted by atomic mass is 9.83. The van der Waals surface area contributed by atoms with Crippen LogP contribution in [0.15, 0.2) is 0 Å². The van der Waals surface area contributed by atoms with E-state index in [1.807, 2.05) is 0 Å². The lowest BCUT2D eigenvalue weighted by Crippen LogP contribution is -2.29. The molecule has 0 aliphatic rings. The quantitative estimate of drug-likeness (QED) is 0.476. The van der Waals surface area contributed by atoms with E-state index >= 15 is 0 Å². The Kier molecular flexibility index (Phi) is 13.3. The number of rotatable bonds is 14. The fourth-order valence-electron chi connectivity index (χ4n) is 3.43. The summed E-state index contributed by atoms with van der Waals surface area (Å²) < 4.78 is 0. The van der Waals surface area contributed by atoms with E-state index in [2.05, 4.69) is 46.6 Å². The molecule has 0 aliphatic carbocycles. The van der Waals surface area contributed by atoms with Gasteiger partial charge >= 0.3 is 0 Å². The van der Waals surface area contributed by atoms with Crippen LogP contribution in [0, 0.1) is 23.7 Å². The third-order valence-corrected chi connectivity index (χ3v) is 5.43. The molecule has 0 rings (SSSR count). The Labute approximate surface area is 140 Å². The molecule has 22 heavy (non-hydrogen) atoms. The van der Waals surface area contributed by atoms with E-state index in [1.165, 1.54) is 45.2 Å². The van der Waals surface area contributed by atoms with E-state index in [0.29, 0.717) is 6.61 Å². The minimum absolute atomic E-state index is 0.339. The molecule has 0 radical (unpaired) electrons. The van der Waals surface area contributed by atoms with Crippen LogP contribution in [0.1, 0.15) is 79.6 Å². The predicted molar refractivity (Wildman–Crippen MR) is 99.2 cm³/mol. The van der Waals surface area contributed by atoms with E-state index in [-0.39, 0.29) is 0 Å². The first-order valence-electron chi connectivity index (χ1n) is 9.73. The number of aliphatic hydroxyl groups excluding tert-OH is 1. The van der Waals surface area contributed by atoms with Gasteiger partial charge in [-0.25, -0.2) is 0 Å². The summed E-state index contributed by atoms with van der Waals surface area (Å²) in [6, 6.07) is 0. The maximum absolute atomic E-state index is 8.90. The molecule has 0 saturated carbocycles. The molecule has 0 fully saturated rings. The maximum atomic E-state index is 8.90. The van der Waals surface area contributed by atoms with Crippen LogP contribution in [-0.2, 0) is 0 Å². The van der Waals surface area contributed by atoms with Crippen molar-refractivity contribution >= 4 is 0 Å². The molecule has 1 N–H and O–H groups in total. The zero-order chi connectivity index (χ0) is 17.0. The first kappa shape index (κ1) is 21.9. The van der Waals surface area contributed by atoms with Crippen molar-refractivity contribution in [3.63, 3.8) is 0 Å². The molecule has 3 unspecified atom stereocenters. The van der Waals surface area contributed by atoms with E-state index < -0.39 is 0 Å². The summed E-state index contributed by atoms with van der Waals surface area (Å²) >= 11 is 0. The maximum Gasteiger partial charge on any atom is 0.0431 e. The van der Waals surface area contributed by atoms with Gasteiger partial charge in [-0.1, -0.05) is 53.9 Å². The molecule has 0 aliphatic heterocycles. The fraction of sp³-hybridized carbons (Fsp3) is 1.00. The molecular formula is C20H43NO. The normalized spacial score (nSPS) is 17.5. The van der Waals surface area contributed by atoms with Gasteiger partial charge in [-0.15, -0.1) is 0 Å². The summed E-state index contributed by atoms with van der Waals surface area (Å²) in [6.45, 7) is 14.6. The van der Waals surface area contributed by atoms with Crippen LogP contribution < -0.4 is 0 Å². The topological polar surface area (TPSA) is 23.5 Å². The Morgan fingerprint density at radius 2 is 1.64 bits per heavy atom. The van der Waals surface area contributed by atoms with Crippen LogP contribution in [0.2, 0.25) is 0 Å². The average Bonchev–Trinajstić information content (AvgIpc) is 2.50. The third kappa shape index (κ3) is 10.6. The van der Waals surface area contributed by atoms with Gasteiger partial charge in [-0.3, -0.25) is 0 Å². The van der Waals surface area contributed by atoms with Crippen molar-refractivity contribution < 1.29 is 5.11 Å². The Balaban J connectivity index is 4.04. The summed E-state index contributed by atoms with van der Waals surface area (Å²) in [5.41, 5.74) is 0. The van der Waals surface area contributed by atoms with E-state index in [9.17, 15) is 0 Å². The van der Waals surface area contributed by atoms with Gasteiger partial charge in [0.2, 0.25) is 0 Å². The van der Waals surface area contributed by atoms with Crippen molar-refractivity contribution in [3.05, 3.63) is 0 Å². The molecule has 0 heterocycles. The SMILES string of the molecule is CCCC(C)[C@H](C)CC(CC)CN(C)CCC(C)CCCO. The minimum atomic E-state index is 0.339. The van der Waals surface area contributed by atoms with Crippen LogP contribution in [0.5, 0.6) is 0 Å². The third-order valence-electron chi connectivity index (χ3n) is 5.43. The molecule has 2 nitrogen and oxygen atoms in total. The highest BCUT2D eigenvalue weighted by atomic mass is 16.2. The molecule has 4 atom stereocenters. The predicted octanol–water partition coefficient (Wildman–Crippen LogP) is 5.21. The zero-order valence-electron chi connectivity index (χ0n) is 16.3. The second kappa shape index (κ2) is 13.4. The second-order valence-electron chi connectivity index (χ2n) is 7.78. The molecule has 134 valence electrons. The summed E-state index contributed by atoms with van der Waals surface area (Å²) in [4.78, 5) is 2.53. The summed E-state index contributed by atoms with van der Waals surface area (Å²) in [6.07, 6.45) is 8.73. The molecule has 0 spiro atoms. The van der Waals surface area contributed by atoms with Crippen molar-refractivity contribution in [3.8, 4) is 0 Å². The van der Waals surface area contributed by atoms with Crippen LogP contribution in [0.25, 0.3) is 0 Å². The Bertz CT molecular complexity index is 244. The molecule has 0 amide bonds. The number of hydrogen-bond acceptors (Lipinski definition) is 2. The summed E-state index contributed by atoms with van der Waals surface area (Å²) in [7, 11) is 2.28. The van der Waals surface area contributed by atoms with Crippen LogP contribution in [-0.4, -0.2) is 36.8 Å². The van der Waals surface area contributed by atoms with Gasteiger partial charge in [0.1, 0.15) is 0 Å². The van der Waals surface area contributed by atoms with Crippen LogP contribution in [0.4, 0.5) is 0 Å². The number of hydrogen-bond donors (Lipinski definition) is 1. The Morgan fingerprint density at radius 3 is 2.18 bits per heavy atom. The highest BCUT2D eigenvalue weighted by Gasteiger charge is 2.18. The van der Waals surface area contributed by atoms with Gasteiger partial charge in [0.15, 0.2) is 0 Å². The van der Waals surface area contributed by atoms with Gasteiger partial charge in [-0.05, 0) is 62.9 Å². The lowest BCUT2D eigenvalue weighted by molar-refractivity contribution is 0.207. The highest BCUT2D eigenvalue weighted by molar-refractivity contribution is 4.70. The van der Waals surface area contributed by atoms with E-state index in [4.69, 9.17) is 5.11 Å². The minimum Gasteiger partial charge on any atom is -0.396 e. The highest BCUT2D eigenvalue weighted by Crippen LogP contribution is 2.26. The first-order valence-corrected chi connectivity index (χ1v) is 9.73. The van der Waals surface area contributed by atoms with Crippen molar-refractivity contribution in [1.29, 1.82) is 0 Å². The first-order chi connectivity index (χ1) is 10.4. The van der Waals surface area contributed by atoms with Crippen molar-refractivity contribution in [2.45, 2.75) is 79.6 Å². The van der Waals surface area contributed by atoms with Gasteiger partial charge in [0.05, 0.1) is 0 Å².